The highest BCUT2D eigenvalue weighted by Gasteiger charge is 2.27. The van der Waals surface area contributed by atoms with E-state index in [4.69, 9.17) is 4.74 Å². The van der Waals surface area contributed by atoms with Crippen LogP contribution in [-0.2, 0) is 13.0 Å². The molecule has 4 aromatic rings. The zero-order valence-corrected chi connectivity index (χ0v) is 24.6. The number of rotatable bonds is 9. The maximum absolute atomic E-state index is 13.8. The van der Waals surface area contributed by atoms with E-state index in [9.17, 15) is 4.79 Å². The number of nitrogens with zero attached hydrogens (tertiary/aromatic N) is 2. The van der Waals surface area contributed by atoms with E-state index < -0.39 is 0 Å². The fraction of sp³-hybridized carbons (Fsp3) is 0.432. The van der Waals surface area contributed by atoms with Crippen molar-refractivity contribution in [3.8, 4) is 5.75 Å². The maximum atomic E-state index is 13.8. The summed E-state index contributed by atoms with van der Waals surface area (Å²) in [6, 6.07) is 26.9. The number of piperidine rings is 1. The van der Waals surface area contributed by atoms with Crippen LogP contribution in [0.1, 0.15) is 85.0 Å². The average Bonchev–Trinajstić information content (AvgIpc) is 3.30. The second-order valence-electron chi connectivity index (χ2n) is 12.2. The molecular formula is C37H44N2O2. The predicted octanol–water partition coefficient (Wildman–Crippen LogP) is 8.58. The van der Waals surface area contributed by atoms with Gasteiger partial charge in [-0.2, -0.15) is 0 Å². The fourth-order valence-electron chi connectivity index (χ4n) is 7.26. The average molecular weight is 549 g/mol. The van der Waals surface area contributed by atoms with Gasteiger partial charge in [-0.05, 0) is 86.5 Å². The van der Waals surface area contributed by atoms with Gasteiger partial charge in [0.25, 0.3) is 5.91 Å². The van der Waals surface area contributed by atoms with Crippen molar-refractivity contribution in [3.63, 3.8) is 0 Å². The quantitative estimate of drug-likeness (QED) is 0.210. The number of carbonyl (C=O) groups is 1. The molecule has 1 aliphatic carbocycles. The van der Waals surface area contributed by atoms with Crippen LogP contribution in [0.3, 0.4) is 0 Å². The first-order valence-electron chi connectivity index (χ1n) is 15.8. The van der Waals surface area contributed by atoms with Crippen LogP contribution in [0, 0.1) is 12.8 Å². The zero-order chi connectivity index (χ0) is 28.0. The Morgan fingerprint density at radius 3 is 2.37 bits per heavy atom. The van der Waals surface area contributed by atoms with Crippen LogP contribution >= 0.6 is 0 Å². The van der Waals surface area contributed by atoms with Crippen molar-refractivity contribution in [2.24, 2.45) is 5.92 Å². The van der Waals surface area contributed by atoms with E-state index in [0.29, 0.717) is 18.2 Å². The lowest BCUT2D eigenvalue weighted by molar-refractivity contribution is 0.0962. The molecular weight excluding hydrogens is 504 g/mol. The van der Waals surface area contributed by atoms with Crippen LogP contribution in [0.15, 0.2) is 78.9 Å². The number of ether oxygens (including phenoxy) is 1. The summed E-state index contributed by atoms with van der Waals surface area (Å²) < 4.78 is 8.17. The molecule has 0 bridgehead atoms. The van der Waals surface area contributed by atoms with Gasteiger partial charge in [-0.25, -0.2) is 0 Å². The molecule has 41 heavy (non-hydrogen) atoms. The second-order valence-corrected chi connectivity index (χ2v) is 12.2. The summed E-state index contributed by atoms with van der Waals surface area (Å²) in [5.74, 6) is 1.79. The molecule has 4 nitrogen and oxygen atoms in total. The van der Waals surface area contributed by atoms with Gasteiger partial charge in [0.15, 0.2) is 0 Å². The number of fused-ring (bicyclic) bond motifs is 1. The molecule has 0 radical (unpaired) electrons. The van der Waals surface area contributed by atoms with Gasteiger partial charge in [0.05, 0.1) is 5.52 Å². The molecule has 2 aliphatic rings. The number of benzene rings is 3. The lowest BCUT2D eigenvalue weighted by Gasteiger charge is -2.38. The highest BCUT2D eigenvalue weighted by Crippen LogP contribution is 2.34. The third-order valence-corrected chi connectivity index (χ3v) is 9.51. The van der Waals surface area contributed by atoms with Crippen molar-refractivity contribution >= 4 is 16.8 Å². The predicted molar refractivity (Wildman–Crippen MR) is 168 cm³/mol. The number of likely N-dealkylation sites (tertiary alicyclic amines) is 1. The maximum Gasteiger partial charge on any atom is 0.262 e. The van der Waals surface area contributed by atoms with Gasteiger partial charge in [-0.15, -0.1) is 0 Å². The Morgan fingerprint density at radius 1 is 0.854 bits per heavy atom. The van der Waals surface area contributed by atoms with Gasteiger partial charge < -0.3 is 9.64 Å². The van der Waals surface area contributed by atoms with Gasteiger partial charge in [0.2, 0.25) is 0 Å². The van der Waals surface area contributed by atoms with Crippen molar-refractivity contribution in [1.29, 1.82) is 0 Å². The lowest BCUT2D eigenvalue weighted by Crippen LogP contribution is -2.42. The summed E-state index contributed by atoms with van der Waals surface area (Å²) in [6.45, 7) is 4.90. The number of hydrogen-bond acceptors (Lipinski definition) is 3. The first kappa shape index (κ1) is 27.8. The van der Waals surface area contributed by atoms with Crippen LogP contribution in [0.5, 0.6) is 5.75 Å². The molecule has 2 fully saturated rings. The molecule has 214 valence electrons. The van der Waals surface area contributed by atoms with Crippen LogP contribution in [-0.4, -0.2) is 34.5 Å². The molecule has 1 aliphatic heterocycles. The molecule has 1 unspecified atom stereocenters. The van der Waals surface area contributed by atoms with Crippen LogP contribution in [0.2, 0.25) is 0 Å². The smallest absolute Gasteiger partial charge is 0.262 e. The lowest BCUT2D eigenvalue weighted by atomic mass is 9.82. The Hall–Kier alpha value is -3.37. The van der Waals surface area contributed by atoms with Crippen molar-refractivity contribution in [2.75, 3.05) is 13.1 Å². The summed E-state index contributed by atoms with van der Waals surface area (Å²) in [5, 5.41) is 1.14. The molecule has 0 N–H and O–H groups in total. The molecule has 6 rings (SSSR count). The normalized spacial score (nSPS) is 18.5. The molecule has 4 heteroatoms. The van der Waals surface area contributed by atoms with E-state index in [0.717, 1.165) is 46.8 Å². The van der Waals surface area contributed by atoms with Crippen molar-refractivity contribution in [2.45, 2.75) is 83.8 Å². The summed E-state index contributed by atoms with van der Waals surface area (Å²) in [6.07, 6.45) is 13.4. The Labute approximate surface area is 245 Å². The van der Waals surface area contributed by atoms with Gasteiger partial charge in [-0.3, -0.25) is 9.36 Å². The van der Waals surface area contributed by atoms with E-state index in [1.54, 1.807) is 0 Å². The molecule has 1 atom stereocenters. The first-order chi connectivity index (χ1) is 20.2. The Kier molecular flexibility index (Phi) is 8.86. The minimum atomic E-state index is 0.0328. The third-order valence-electron chi connectivity index (χ3n) is 9.51. The highest BCUT2D eigenvalue weighted by atomic mass is 16.5. The molecule has 1 saturated heterocycles. The van der Waals surface area contributed by atoms with E-state index in [2.05, 4.69) is 36.1 Å². The minimum Gasteiger partial charge on any atom is -0.489 e. The number of hydrogen-bond donors (Lipinski definition) is 0. The van der Waals surface area contributed by atoms with Gasteiger partial charge in [0.1, 0.15) is 12.4 Å². The molecule has 2 heterocycles. The summed E-state index contributed by atoms with van der Waals surface area (Å²) >= 11 is 0. The second kappa shape index (κ2) is 13.1. The van der Waals surface area contributed by atoms with E-state index in [1.807, 2.05) is 59.2 Å². The first-order valence-corrected chi connectivity index (χ1v) is 15.8. The molecule has 1 aromatic heterocycles. The van der Waals surface area contributed by atoms with E-state index >= 15 is 0 Å². The molecule has 0 spiro atoms. The topological polar surface area (TPSA) is 34.5 Å². The Balaban J connectivity index is 1.28. The summed E-state index contributed by atoms with van der Waals surface area (Å²) in [7, 11) is 0. The minimum absolute atomic E-state index is 0.0328. The highest BCUT2D eigenvalue weighted by molar-refractivity contribution is 6.04. The van der Waals surface area contributed by atoms with Crippen LogP contribution in [0.4, 0.5) is 0 Å². The van der Waals surface area contributed by atoms with Crippen molar-refractivity contribution in [1.82, 2.24) is 9.47 Å². The fourth-order valence-corrected chi connectivity index (χ4v) is 7.26. The zero-order valence-electron chi connectivity index (χ0n) is 24.6. The molecule has 1 saturated carbocycles. The van der Waals surface area contributed by atoms with E-state index in [-0.39, 0.29) is 5.91 Å². The van der Waals surface area contributed by atoms with Gasteiger partial charge >= 0.3 is 0 Å². The molecule has 3 aromatic carbocycles. The summed E-state index contributed by atoms with van der Waals surface area (Å²) in [4.78, 5) is 16.6. The third kappa shape index (κ3) is 6.43. The number of aromatic nitrogens is 1. The molecule has 0 amide bonds. The van der Waals surface area contributed by atoms with E-state index in [1.165, 1.54) is 69.9 Å². The largest absolute Gasteiger partial charge is 0.489 e. The SMILES string of the molecule is Cc1c(CCN2CCCCC2CC2CCCCC2)c2cc(OCc3ccccc3)ccc2n1C(=O)c1ccccc1. The van der Waals surface area contributed by atoms with Gasteiger partial charge in [-0.1, -0.05) is 87.1 Å². The van der Waals surface area contributed by atoms with Crippen LogP contribution < -0.4 is 4.74 Å². The van der Waals surface area contributed by atoms with Gasteiger partial charge in [0, 0.05) is 29.2 Å². The summed E-state index contributed by atoms with van der Waals surface area (Å²) in [5.41, 5.74) is 5.16. The van der Waals surface area contributed by atoms with Crippen LogP contribution in [0.25, 0.3) is 10.9 Å². The van der Waals surface area contributed by atoms with Crippen molar-refractivity contribution < 1.29 is 9.53 Å². The monoisotopic (exact) mass is 548 g/mol. The Morgan fingerprint density at radius 2 is 1.59 bits per heavy atom. The number of carbonyl (C=O) groups excluding carboxylic acids is 1. The Bertz CT molecular complexity index is 1440. The van der Waals surface area contributed by atoms with Crippen molar-refractivity contribution in [3.05, 3.63) is 101 Å². The standard InChI is InChI=1S/C37H44N2O2/c1-28-34(22-24-38-23-12-11-19-32(38)25-29-13-5-2-6-14-29)35-26-33(41-27-30-15-7-3-8-16-30)20-21-36(35)39(28)37(40)31-17-9-4-10-18-31/h3-4,7-10,15-18,20-21,26,29,32H,2,5-6,11-14,19,22-25,27H2,1H3.